The van der Waals surface area contributed by atoms with Gasteiger partial charge in [-0.15, -0.1) is 0 Å². The first-order chi connectivity index (χ1) is 9.38. The standard InChI is InChI=1S/C15H20N2O2/c1-18-14-7-3-2-6-12(14)13-10-19-15(17-13)11-5-4-8-16-9-11/h2-3,6-7,11,13,16H,4-5,8-10H2,1H3. The van der Waals surface area contributed by atoms with Gasteiger partial charge in [-0.3, -0.25) is 0 Å². The lowest BCUT2D eigenvalue weighted by Gasteiger charge is -2.21. The van der Waals surface area contributed by atoms with Crippen LogP contribution < -0.4 is 10.1 Å². The minimum Gasteiger partial charge on any atom is -0.496 e. The van der Waals surface area contributed by atoms with Crippen molar-refractivity contribution in [2.45, 2.75) is 18.9 Å². The van der Waals surface area contributed by atoms with Crippen molar-refractivity contribution in [3.63, 3.8) is 0 Å². The van der Waals surface area contributed by atoms with E-state index in [-0.39, 0.29) is 6.04 Å². The van der Waals surface area contributed by atoms with Gasteiger partial charge in [-0.05, 0) is 25.5 Å². The number of piperidine rings is 1. The highest BCUT2D eigenvalue weighted by Gasteiger charge is 2.29. The summed E-state index contributed by atoms with van der Waals surface area (Å²) in [5.41, 5.74) is 1.11. The van der Waals surface area contributed by atoms with E-state index in [2.05, 4.69) is 11.4 Å². The number of para-hydroxylation sites is 1. The van der Waals surface area contributed by atoms with Crippen molar-refractivity contribution in [2.24, 2.45) is 10.9 Å². The first kappa shape index (κ1) is 12.5. The first-order valence-electron chi connectivity index (χ1n) is 6.92. The second-order valence-electron chi connectivity index (χ2n) is 5.08. The summed E-state index contributed by atoms with van der Waals surface area (Å²) in [4.78, 5) is 4.77. The van der Waals surface area contributed by atoms with Crippen LogP contribution in [0.4, 0.5) is 0 Å². The molecule has 102 valence electrons. The Hall–Kier alpha value is -1.55. The summed E-state index contributed by atoms with van der Waals surface area (Å²) >= 11 is 0. The van der Waals surface area contributed by atoms with Crippen LogP contribution >= 0.6 is 0 Å². The molecule has 1 saturated heterocycles. The van der Waals surface area contributed by atoms with Crippen molar-refractivity contribution in [3.05, 3.63) is 29.8 Å². The Labute approximate surface area is 113 Å². The van der Waals surface area contributed by atoms with Crippen LogP contribution in [0.1, 0.15) is 24.4 Å². The fourth-order valence-electron chi connectivity index (χ4n) is 2.78. The maximum absolute atomic E-state index is 5.81. The molecule has 1 fully saturated rings. The van der Waals surface area contributed by atoms with E-state index in [1.54, 1.807) is 7.11 Å². The van der Waals surface area contributed by atoms with Crippen molar-refractivity contribution in [3.8, 4) is 5.75 Å². The Kier molecular flexibility index (Phi) is 3.69. The molecule has 0 aromatic heterocycles. The summed E-state index contributed by atoms with van der Waals surface area (Å²) < 4.78 is 11.2. The topological polar surface area (TPSA) is 42.9 Å². The lowest BCUT2D eigenvalue weighted by Crippen LogP contribution is -2.34. The predicted octanol–water partition coefficient (Wildman–Crippen LogP) is 2.16. The third-order valence-electron chi connectivity index (χ3n) is 3.82. The van der Waals surface area contributed by atoms with Gasteiger partial charge in [0.15, 0.2) is 5.90 Å². The van der Waals surface area contributed by atoms with Gasteiger partial charge in [-0.25, -0.2) is 4.99 Å². The van der Waals surface area contributed by atoms with Crippen molar-refractivity contribution in [1.82, 2.24) is 5.32 Å². The minimum atomic E-state index is 0.0769. The zero-order chi connectivity index (χ0) is 13.1. The molecule has 4 nitrogen and oxygen atoms in total. The zero-order valence-electron chi connectivity index (χ0n) is 11.3. The zero-order valence-corrected chi connectivity index (χ0v) is 11.3. The molecular formula is C15H20N2O2. The van der Waals surface area contributed by atoms with Crippen LogP contribution in [0.5, 0.6) is 5.75 Å². The largest absolute Gasteiger partial charge is 0.496 e. The van der Waals surface area contributed by atoms with Crippen LogP contribution in [0, 0.1) is 5.92 Å². The molecule has 1 N–H and O–H groups in total. The van der Waals surface area contributed by atoms with Gasteiger partial charge >= 0.3 is 0 Å². The molecular weight excluding hydrogens is 240 g/mol. The second kappa shape index (κ2) is 5.61. The number of nitrogens with one attached hydrogen (secondary N) is 1. The molecule has 0 radical (unpaired) electrons. The Morgan fingerprint density at radius 2 is 2.26 bits per heavy atom. The molecule has 2 unspecified atom stereocenters. The first-order valence-corrected chi connectivity index (χ1v) is 6.92. The molecule has 2 heterocycles. The molecule has 19 heavy (non-hydrogen) atoms. The minimum absolute atomic E-state index is 0.0769. The number of ether oxygens (including phenoxy) is 2. The Balaban J connectivity index is 1.78. The average Bonchev–Trinajstić information content (AvgIpc) is 2.98. The number of nitrogens with zero attached hydrogens (tertiary/aromatic N) is 1. The van der Waals surface area contributed by atoms with E-state index in [1.165, 1.54) is 12.8 Å². The SMILES string of the molecule is COc1ccccc1C1COC(C2CCCNC2)=N1. The monoisotopic (exact) mass is 260 g/mol. The fourth-order valence-corrected chi connectivity index (χ4v) is 2.78. The van der Waals surface area contributed by atoms with Crippen LogP contribution in [-0.2, 0) is 4.74 Å². The number of hydrogen-bond acceptors (Lipinski definition) is 4. The lowest BCUT2D eigenvalue weighted by atomic mass is 9.99. The van der Waals surface area contributed by atoms with Crippen LogP contribution in [0.15, 0.2) is 29.3 Å². The molecule has 0 amide bonds. The van der Waals surface area contributed by atoms with E-state index in [0.29, 0.717) is 12.5 Å². The van der Waals surface area contributed by atoms with E-state index >= 15 is 0 Å². The highest BCUT2D eigenvalue weighted by molar-refractivity contribution is 5.81. The summed E-state index contributed by atoms with van der Waals surface area (Å²) in [6.07, 6.45) is 2.37. The van der Waals surface area contributed by atoms with E-state index in [9.17, 15) is 0 Å². The Morgan fingerprint density at radius 1 is 1.37 bits per heavy atom. The number of aliphatic imine (C=N–C) groups is 1. The van der Waals surface area contributed by atoms with Gasteiger partial charge in [-0.2, -0.15) is 0 Å². The number of methoxy groups -OCH3 is 1. The Bertz CT molecular complexity index is 467. The maximum Gasteiger partial charge on any atom is 0.188 e. The molecule has 2 aliphatic rings. The van der Waals surface area contributed by atoms with Gasteiger partial charge in [0.25, 0.3) is 0 Å². The summed E-state index contributed by atoms with van der Waals surface area (Å²) in [6, 6.07) is 8.12. The number of rotatable bonds is 3. The third kappa shape index (κ3) is 2.59. The quantitative estimate of drug-likeness (QED) is 0.905. The van der Waals surface area contributed by atoms with Crippen LogP contribution in [-0.4, -0.2) is 32.7 Å². The van der Waals surface area contributed by atoms with Crippen molar-refractivity contribution < 1.29 is 9.47 Å². The lowest BCUT2D eigenvalue weighted by molar-refractivity contribution is 0.284. The van der Waals surface area contributed by atoms with E-state index in [1.807, 2.05) is 18.2 Å². The van der Waals surface area contributed by atoms with E-state index in [4.69, 9.17) is 14.5 Å². The molecule has 0 spiro atoms. The molecule has 4 heteroatoms. The normalized spacial score (nSPS) is 26.7. The van der Waals surface area contributed by atoms with Gasteiger partial charge in [0.05, 0.1) is 7.11 Å². The molecule has 1 aromatic carbocycles. The fraction of sp³-hybridized carbons (Fsp3) is 0.533. The van der Waals surface area contributed by atoms with Crippen LogP contribution in [0.25, 0.3) is 0 Å². The smallest absolute Gasteiger partial charge is 0.188 e. The maximum atomic E-state index is 5.81. The highest BCUT2D eigenvalue weighted by Crippen LogP contribution is 2.32. The van der Waals surface area contributed by atoms with Gasteiger partial charge in [0, 0.05) is 18.0 Å². The van der Waals surface area contributed by atoms with Crippen molar-refractivity contribution in [2.75, 3.05) is 26.8 Å². The van der Waals surface area contributed by atoms with Crippen LogP contribution in [0.3, 0.4) is 0 Å². The summed E-state index contributed by atoms with van der Waals surface area (Å²) in [6.45, 7) is 2.73. The third-order valence-corrected chi connectivity index (χ3v) is 3.82. The number of hydrogen-bond donors (Lipinski definition) is 1. The average molecular weight is 260 g/mol. The van der Waals surface area contributed by atoms with E-state index < -0.39 is 0 Å². The summed E-state index contributed by atoms with van der Waals surface area (Å²) in [5.74, 6) is 2.25. The van der Waals surface area contributed by atoms with Crippen LogP contribution in [0.2, 0.25) is 0 Å². The molecule has 0 aliphatic carbocycles. The Morgan fingerprint density at radius 3 is 3.05 bits per heavy atom. The predicted molar refractivity (Wildman–Crippen MR) is 74.7 cm³/mol. The summed E-state index contributed by atoms with van der Waals surface area (Å²) in [5, 5.41) is 3.40. The van der Waals surface area contributed by atoms with Crippen molar-refractivity contribution in [1.29, 1.82) is 0 Å². The van der Waals surface area contributed by atoms with Gasteiger partial charge in [0.2, 0.25) is 0 Å². The van der Waals surface area contributed by atoms with Gasteiger partial charge in [-0.1, -0.05) is 18.2 Å². The van der Waals surface area contributed by atoms with Gasteiger partial charge < -0.3 is 14.8 Å². The van der Waals surface area contributed by atoms with Crippen molar-refractivity contribution >= 4 is 5.90 Å². The highest BCUT2D eigenvalue weighted by atomic mass is 16.5. The second-order valence-corrected chi connectivity index (χ2v) is 5.08. The molecule has 3 rings (SSSR count). The van der Waals surface area contributed by atoms with E-state index in [0.717, 1.165) is 30.3 Å². The molecule has 2 atom stereocenters. The molecule has 2 aliphatic heterocycles. The van der Waals surface area contributed by atoms with Gasteiger partial charge in [0.1, 0.15) is 18.4 Å². The molecule has 0 bridgehead atoms. The summed E-state index contributed by atoms with van der Waals surface area (Å²) in [7, 11) is 1.70. The molecule has 1 aromatic rings. The molecule has 0 saturated carbocycles. The number of benzene rings is 1.